The van der Waals surface area contributed by atoms with E-state index in [9.17, 15) is 10.1 Å². The largest absolute Gasteiger partial charge is 0.380 e. The van der Waals surface area contributed by atoms with Gasteiger partial charge in [-0.05, 0) is 51.3 Å². The lowest BCUT2D eigenvalue weighted by atomic mass is 9.98. The van der Waals surface area contributed by atoms with E-state index < -0.39 is 0 Å². The summed E-state index contributed by atoms with van der Waals surface area (Å²) in [5.74, 6) is 0. The topological polar surface area (TPSA) is 58.4 Å². The summed E-state index contributed by atoms with van der Waals surface area (Å²) >= 11 is 0. The number of anilines is 1. The fourth-order valence-electron chi connectivity index (χ4n) is 3.81. The molecule has 2 fully saturated rings. The van der Waals surface area contributed by atoms with E-state index in [0.29, 0.717) is 12.1 Å². The first-order chi connectivity index (χ1) is 10.1. The van der Waals surface area contributed by atoms with Gasteiger partial charge < -0.3 is 5.32 Å². The number of hydrogen-bond acceptors (Lipinski definition) is 4. The van der Waals surface area contributed by atoms with Crippen molar-refractivity contribution in [1.82, 2.24) is 4.90 Å². The molecule has 0 spiro atoms. The SMILES string of the molecule is Cc1cc(C)c([N+](=O)[O-])cc1NC1CCN2CCCCC12. The third-order valence-electron chi connectivity index (χ3n) is 4.94. The van der Waals surface area contributed by atoms with Gasteiger partial charge in [0.25, 0.3) is 5.69 Å². The monoisotopic (exact) mass is 289 g/mol. The van der Waals surface area contributed by atoms with E-state index >= 15 is 0 Å². The summed E-state index contributed by atoms with van der Waals surface area (Å²) in [7, 11) is 0. The number of nitrogens with zero attached hydrogens (tertiary/aromatic N) is 2. The molecule has 21 heavy (non-hydrogen) atoms. The van der Waals surface area contributed by atoms with Gasteiger partial charge in [-0.1, -0.05) is 6.42 Å². The molecule has 5 heteroatoms. The maximum Gasteiger partial charge on any atom is 0.274 e. The molecular weight excluding hydrogens is 266 g/mol. The van der Waals surface area contributed by atoms with Crippen molar-refractivity contribution in [2.24, 2.45) is 0 Å². The molecule has 114 valence electrons. The molecular formula is C16H23N3O2. The van der Waals surface area contributed by atoms with Gasteiger partial charge in [-0.15, -0.1) is 0 Å². The highest BCUT2D eigenvalue weighted by molar-refractivity contribution is 5.60. The second kappa shape index (κ2) is 5.64. The molecule has 3 rings (SSSR count). The Labute approximate surface area is 125 Å². The molecule has 5 nitrogen and oxygen atoms in total. The summed E-state index contributed by atoms with van der Waals surface area (Å²) < 4.78 is 0. The quantitative estimate of drug-likeness (QED) is 0.685. The van der Waals surface area contributed by atoms with E-state index in [1.807, 2.05) is 13.0 Å². The van der Waals surface area contributed by atoms with Crippen LogP contribution in [0.1, 0.15) is 36.8 Å². The summed E-state index contributed by atoms with van der Waals surface area (Å²) in [4.78, 5) is 13.4. The number of hydrogen-bond donors (Lipinski definition) is 1. The van der Waals surface area contributed by atoms with Crippen molar-refractivity contribution >= 4 is 11.4 Å². The van der Waals surface area contributed by atoms with Crippen LogP contribution in [0.25, 0.3) is 0 Å². The van der Waals surface area contributed by atoms with Crippen molar-refractivity contribution in [3.8, 4) is 0 Å². The molecule has 2 saturated heterocycles. The van der Waals surface area contributed by atoms with Crippen LogP contribution in [0.2, 0.25) is 0 Å². The van der Waals surface area contributed by atoms with E-state index in [4.69, 9.17) is 0 Å². The normalized spacial score (nSPS) is 25.6. The van der Waals surface area contributed by atoms with Gasteiger partial charge in [-0.25, -0.2) is 0 Å². The van der Waals surface area contributed by atoms with Crippen LogP contribution >= 0.6 is 0 Å². The van der Waals surface area contributed by atoms with Crippen molar-refractivity contribution < 1.29 is 4.92 Å². The maximum atomic E-state index is 11.1. The number of nitro benzene ring substituents is 1. The molecule has 0 saturated carbocycles. The number of piperidine rings is 1. The van der Waals surface area contributed by atoms with Gasteiger partial charge in [-0.3, -0.25) is 15.0 Å². The number of aryl methyl sites for hydroxylation is 2. The van der Waals surface area contributed by atoms with E-state index in [0.717, 1.165) is 29.8 Å². The minimum Gasteiger partial charge on any atom is -0.380 e. The molecule has 2 unspecified atom stereocenters. The summed E-state index contributed by atoms with van der Waals surface area (Å²) in [6.45, 7) is 6.17. The van der Waals surface area contributed by atoms with Gasteiger partial charge in [0.15, 0.2) is 0 Å². The lowest BCUT2D eigenvalue weighted by Crippen LogP contribution is -2.41. The Morgan fingerprint density at radius 1 is 1.19 bits per heavy atom. The molecule has 2 aliphatic rings. The number of nitro groups is 1. The van der Waals surface area contributed by atoms with E-state index in [2.05, 4.69) is 10.2 Å². The number of benzene rings is 1. The predicted octanol–water partition coefficient (Wildman–Crippen LogP) is 3.25. The molecule has 1 aromatic carbocycles. The van der Waals surface area contributed by atoms with Crippen LogP contribution in [0.4, 0.5) is 11.4 Å². The van der Waals surface area contributed by atoms with Gasteiger partial charge in [0.05, 0.1) is 4.92 Å². The number of fused-ring (bicyclic) bond motifs is 1. The number of rotatable bonds is 3. The van der Waals surface area contributed by atoms with Crippen molar-refractivity contribution in [1.29, 1.82) is 0 Å². The second-order valence-electron chi connectivity index (χ2n) is 6.35. The van der Waals surface area contributed by atoms with E-state index in [1.165, 1.54) is 25.8 Å². The zero-order valence-corrected chi connectivity index (χ0v) is 12.8. The molecule has 1 N–H and O–H groups in total. The summed E-state index contributed by atoms with van der Waals surface area (Å²) in [5, 5.41) is 14.7. The first kappa shape index (κ1) is 14.3. The van der Waals surface area contributed by atoms with Gasteiger partial charge >= 0.3 is 0 Å². The molecule has 0 radical (unpaired) electrons. The van der Waals surface area contributed by atoms with Crippen LogP contribution in [-0.2, 0) is 0 Å². The lowest BCUT2D eigenvalue weighted by Gasteiger charge is -2.33. The summed E-state index contributed by atoms with van der Waals surface area (Å²) in [6, 6.07) is 4.63. The lowest BCUT2D eigenvalue weighted by molar-refractivity contribution is -0.385. The number of nitrogens with one attached hydrogen (secondary N) is 1. The zero-order chi connectivity index (χ0) is 15.0. The Bertz CT molecular complexity index is 559. The highest BCUT2D eigenvalue weighted by Crippen LogP contribution is 2.32. The van der Waals surface area contributed by atoms with Gasteiger partial charge in [0.2, 0.25) is 0 Å². The molecule has 2 atom stereocenters. The Kier molecular flexibility index (Phi) is 3.85. The van der Waals surface area contributed by atoms with E-state index in [1.54, 1.807) is 13.0 Å². The zero-order valence-electron chi connectivity index (χ0n) is 12.8. The highest BCUT2D eigenvalue weighted by atomic mass is 16.6. The van der Waals surface area contributed by atoms with Crippen molar-refractivity contribution in [2.75, 3.05) is 18.4 Å². The van der Waals surface area contributed by atoms with Crippen LogP contribution in [-0.4, -0.2) is 35.0 Å². The first-order valence-corrected chi connectivity index (χ1v) is 7.82. The van der Waals surface area contributed by atoms with Crippen LogP contribution in [0.15, 0.2) is 12.1 Å². The van der Waals surface area contributed by atoms with E-state index in [-0.39, 0.29) is 10.6 Å². The molecule has 1 aromatic rings. The van der Waals surface area contributed by atoms with Crippen molar-refractivity contribution in [2.45, 2.75) is 51.6 Å². The fourth-order valence-corrected chi connectivity index (χ4v) is 3.81. The van der Waals surface area contributed by atoms with Crippen molar-refractivity contribution in [3.63, 3.8) is 0 Å². The van der Waals surface area contributed by atoms with Gasteiger partial charge in [0.1, 0.15) is 0 Å². The highest BCUT2D eigenvalue weighted by Gasteiger charge is 2.35. The summed E-state index contributed by atoms with van der Waals surface area (Å²) in [5.41, 5.74) is 2.95. The third-order valence-corrected chi connectivity index (χ3v) is 4.94. The van der Waals surface area contributed by atoms with Crippen molar-refractivity contribution in [3.05, 3.63) is 33.4 Å². The molecule has 0 bridgehead atoms. The Balaban J connectivity index is 1.81. The van der Waals surface area contributed by atoms with Crippen LogP contribution < -0.4 is 5.32 Å². The Morgan fingerprint density at radius 3 is 2.76 bits per heavy atom. The Morgan fingerprint density at radius 2 is 2.00 bits per heavy atom. The predicted molar refractivity (Wildman–Crippen MR) is 83.8 cm³/mol. The molecule has 0 aromatic heterocycles. The van der Waals surface area contributed by atoms with Crippen LogP contribution in [0.5, 0.6) is 0 Å². The fraction of sp³-hybridized carbons (Fsp3) is 0.625. The average molecular weight is 289 g/mol. The molecule has 2 aliphatic heterocycles. The summed E-state index contributed by atoms with van der Waals surface area (Å²) in [6.07, 6.45) is 4.97. The molecule has 0 amide bonds. The van der Waals surface area contributed by atoms with Crippen LogP contribution in [0, 0.1) is 24.0 Å². The standard InChI is InChI=1S/C16H23N3O2/c1-11-9-12(2)16(19(20)21)10-14(11)17-13-6-8-18-7-4-3-5-15(13)18/h9-10,13,15,17H,3-8H2,1-2H3. The first-order valence-electron chi connectivity index (χ1n) is 7.82. The minimum atomic E-state index is -0.290. The maximum absolute atomic E-state index is 11.1. The smallest absolute Gasteiger partial charge is 0.274 e. The second-order valence-corrected chi connectivity index (χ2v) is 6.35. The minimum absolute atomic E-state index is 0.210. The van der Waals surface area contributed by atoms with Crippen LogP contribution in [0.3, 0.4) is 0 Å². The molecule has 0 aliphatic carbocycles. The third kappa shape index (κ3) is 2.75. The molecule has 2 heterocycles. The van der Waals surface area contributed by atoms with Gasteiger partial charge in [-0.2, -0.15) is 0 Å². The Hall–Kier alpha value is -1.62. The average Bonchev–Trinajstić information content (AvgIpc) is 2.85. The van der Waals surface area contributed by atoms with Gasteiger partial charge in [0, 0.05) is 35.9 Å².